The van der Waals surface area contributed by atoms with Crippen molar-refractivity contribution < 1.29 is 0 Å². The van der Waals surface area contributed by atoms with E-state index in [1.54, 1.807) is 6.20 Å². The highest BCUT2D eigenvalue weighted by atomic mass is 15.2. The van der Waals surface area contributed by atoms with Crippen LogP contribution in [0.15, 0.2) is 42.9 Å². The van der Waals surface area contributed by atoms with Crippen LogP contribution < -0.4 is 10.6 Å². The lowest BCUT2D eigenvalue weighted by atomic mass is 10.1. The van der Waals surface area contributed by atoms with Crippen molar-refractivity contribution in [3.8, 4) is 11.3 Å². The standard InChI is InChI=1S/C18H20N6/c1-23-6-8-24(9-7-23)18-4-5-20-11-14(18)17-12-21-16-10-13(19)2-3-15(16)22-17/h2-5,10-12H,6-9,19H2,1H3. The number of rotatable bonds is 2. The van der Waals surface area contributed by atoms with Crippen LogP contribution in [-0.4, -0.2) is 53.1 Å². The van der Waals surface area contributed by atoms with Gasteiger partial charge in [0.25, 0.3) is 0 Å². The number of fused-ring (bicyclic) bond motifs is 1. The van der Waals surface area contributed by atoms with Gasteiger partial charge < -0.3 is 15.5 Å². The molecule has 6 nitrogen and oxygen atoms in total. The molecule has 0 unspecified atom stereocenters. The van der Waals surface area contributed by atoms with Gasteiger partial charge in [0.1, 0.15) is 0 Å². The van der Waals surface area contributed by atoms with Gasteiger partial charge in [-0.15, -0.1) is 0 Å². The highest BCUT2D eigenvalue weighted by Gasteiger charge is 2.18. The second-order valence-electron chi connectivity index (χ2n) is 6.19. The molecule has 1 aromatic carbocycles. The third-order valence-electron chi connectivity index (χ3n) is 4.48. The fraction of sp³-hybridized carbons (Fsp3) is 0.278. The first kappa shape index (κ1) is 14.8. The van der Waals surface area contributed by atoms with E-state index in [1.807, 2.05) is 30.6 Å². The van der Waals surface area contributed by atoms with Crippen LogP contribution >= 0.6 is 0 Å². The molecular weight excluding hydrogens is 300 g/mol. The predicted octanol–water partition coefficient (Wildman–Crippen LogP) is 2.03. The largest absolute Gasteiger partial charge is 0.399 e. The number of hydrogen-bond donors (Lipinski definition) is 1. The summed E-state index contributed by atoms with van der Waals surface area (Å²) in [6, 6.07) is 7.67. The molecule has 24 heavy (non-hydrogen) atoms. The molecule has 1 fully saturated rings. The Morgan fingerprint density at radius 2 is 1.83 bits per heavy atom. The summed E-state index contributed by atoms with van der Waals surface area (Å²) in [6.45, 7) is 4.13. The summed E-state index contributed by atoms with van der Waals surface area (Å²) >= 11 is 0. The Bertz CT molecular complexity index is 870. The highest BCUT2D eigenvalue weighted by Crippen LogP contribution is 2.30. The van der Waals surface area contributed by atoms with Crippen LogP contribution in [0.2, 0.25) is 0 Å². The van der Waals surface area contributed by atoms with E-state index in [0.717, 1.165) is 48.5 Å². The van der Waals surface area contributed by atoms with Crippen LogP contribution in [0.3, 0.4) is 0 Å². The Morgan fingerprint density at radius 1 is 1.00 bits per heavy atom. The highest BCUT2D eigenvalue weighted by molar-refractivity contribution is 5.82. The van der Waals surface area contributed by atoms with Crippen LogP contribution in [0.4, 0.5) is 11.4 Å². The molecule has 1 aliphatic rings. The maximum absolute atomic E-state index is 5.82. The van der Waals surface area contributed by atoms with Gasteiger partial charge in [0, 0.05) is 55.5 Å². The third kappa shape index (κ3) is 2.76. The minimum absolute atomic E-state index is 0.698. The van der Waals surface area contributed by atoms with E-state index in [2.05, 4.69) is 32.9 Å². The molecule has 1 aliphatic heterocycles. The maximum Gasteiger partial charge on any atom is 0.0929 e. The van der Waals surface area contributed by atoms with E-state index in [4.69, 9.17) is 10.7 Å². The molecular formula is C18H20N6. The Morgan fingerprint density at radius 3 is 2.67 bits per heavy atom. The van der Waals surface area contributed by atoms with E-state index in [-0.39, 0.29) is 0 Å². The Labute approximate surface area is 141 Å². The van der Waals surface area contributed by atoms with Crippen LogP contribution in [0.5, 0.6) is 0 Å². The number of nitrogens with zero attached hydrogens (tertiary/aromatic N) is 5. The molecule has 0 amide bonds. The van der Waals surface area contributed by atoms with Gasteiger partial charge in [0.05, 0.1) is 22.9 Å². The summed E-state index contributed by atoms with van der Waals surface area (Å²) < 4.78 is 0. The first-order valence-electron chi connectivity index (χ1n) is 8.11. The van der Waals surface area contributed by atoms with Crippen molar-refractivity contribution in [2.45, 2.75) is 0 Å². The van der Waals surface area contributed by atoms with Crippen molar-refractivity contribution in [1.29, 1.82) is 0 Å². The molecule has 122 valence electrons. The van der Waals surface area contributed by atoms with Crippen molar-refractivity contribution in [3.63, 3.8) is 0 Å². The molecule has 0 radical (unpaired) electrons. The minimum Gasteiger partial charge on any atom is -0.399 e. The van der Waals surface area contributed by atoms with E-state index >= 15 is 0 Å². The Kier molecular flexibility index (Phi) is 3.74. The van der Waals surface area contributed by atoms with Crippen molar-refractivity contribution in [2.24, 2.45) is 0 Å². The van der Waals surface area contributed by atoms with Crippen molar-refractivity contribution in [3.05, 3.63) is 42.9 Å². The predicted molar refractivity (Wildman–Crippen MR) is 96.9 cm³/mol. The molecule has 0 aliphatic carbocycles. The average molecular weight is 320 g/mol. The van der Waals surface area contributed by atoms with Gasteiger partial charge in [-0.2, -0.15) is 0 Å². The lowest BCUT2D eigenvalue weighted by molar-refractivity contribution is 0.313. The molecule has 1 saturated heterocycles. The molecule has 0 atom stereocenters. The summed E-state index contributed by atoms with van der Waals surface area (Å²) in [5, 5.41) is 0. The lowest BCUT2D eigenvalue weighted by Crippen LogP contribution is -2.44. The molecule has 0 bridgehead atoms. The monoisotopic (exact) mass is 320 g/mol. The van der Waals surface area contributed by atoms with Crippen molar-refractivity contribution >= 4 is 22.4 Å². The summed E-state index contributed by atoms with van der Waals surface area (Å²) in [6.07, 6.45) is 5.52. The van der Waals surface area contributed by atoms with Gasteiger partial charge in [0.2, 0.25) is 0 Å². The van der Waals surface area contributed by atoms with Gasteiger partial charge in [0.15, 0.2) is 0 Å². The summed E-state index contributed by atoms with van der Waals surface area (Å²) in [5.74, 6) is 0. The number of pyridine rings is 1. The van der Waals surface area contributed by atoms with E-state index in [9.17, 15) is 0 Å². The van der Waals surface area contributed by atoms with Gasteiger partial charge in [-0.1, -0.05) is 0 Å². The number of hydrogen-bond acceptors (Lipinski definition) is 6. The van der Waals surface area contributed by atoms with Crippen LogP contribution in [0.25, 0.3) is 22.3 Å². The van der Waals surface area contributed by atoms with E-state index in [1.165, 1.54) is 5.69 Å². The number of anilines is 2. The summed E-state index contributed by atoms with van der Waals surface area (Å²) in [5.41, 5.74) is 11.2. The average Bonchev–Trinajstić information content (AvgIpc) is 2.62. The van der Waals surface area contributed by atoms with Gasteiger partial charge in [-0.3, -0.25) is 9.97 Å². The molecule has 2 N–H and O–H groups in total. The number of likely N-dealkylation sites (N-methyl/N-ethyl adjacent to an activating group) is 1. The second kappa shape index (κ2) is 6.05. The topological polar surface area (TPSA) is 71.2 Å². The number of piperazine rings is 1. The first-order valence-corrected chi connectivity index (χ1v) is 8.11. The number of nitrogen functional groups attached to an aromatic ring is 1. The van der Waals surface area contributed by atoms with Crippen LogP contribution in [-0.2, 0) is 0 Å². The quantitative estimate of drug-likeness (QED) is 0.729. The Hall–Kier alpha value is -2.73. The lowest BCUT2D eigenvalue weighted by Gasteiger charge is -2.34. The second-order valence-corrected chi connectivity index (χ2v) is 6.19. The van der Waals surface area contributed by atoms with E-state index in [0.29, 0.717) is 5.69 Å². The summed E-state index contributed by atoms with van der Waals surface area (Å²) in [4.78, 5) is 18.3. The van der Waals surface area contributed by atoms with Crippen LogP contribution in [0.1, 0.15) is 0 Å². The van der Waals surface area contributed by atoms with E-state index < -0.39 is 0 Å². The van der Waals surface area contributed by atoms with Crippen molar-refractivity contribution in [1.82, 2.24) is 19.9 Å². The normalized spacial score (nSPS) is 15.8. The number of nitrogens with two attached hydrogens (primary N) is 1. The number of benzene rings is 1. The van der Waals surface area contributed by atoms with Crippen LogP contribution in [0, 0.1) is 0 Å². The smallest absolute Gasteiger partial charge is 0.0929 e. The zero-order chi connectivity index (χ0) is 16.5. The minimum atomic E-state index is 0.698. The first-order chi connectivity index (χ1) is 11.7. The fourth-order valence-electron chi connectivity index (χ4n) is 3.07. The van der Waals surface area contributed by atoms with Gasteiger partial charge in [-0.05, 0) is 31.3 Å². The third-order valence-corrected chi connectivity index (χ3v) is 4.48. The molecule has 6 heteroatoms. The molecule has 4 rings (SSSR count). The molecule has 3 heterocycles. The number of aromatic nitrogens is 3. The van der Waals surface area contributed by atoms with Gasteiger partial charge >= 0.3 is 0 Å². The zero-order valence-electron chi connectivity index (χ0n) is 13.7. The fourth-order valence-corrected chi connectivity index (χ4v) is 3.07. The molecule has 2 aromatic heterocycles. The Balaban J connectivity index is 1.75. The maximum atomic E-state index is 5.82. The molecule has 3 aromatic rings. The SMILES string of the molecule is CN1CCN(c2ccncc2-c2cnc3cc(N)ccc3n2)CC1. The zero-order valence-corrected chi connectivity index (χ0v) is 13.7. The summed E-state index contributed by atoms with van der Waals surface area (Å²) in [7, 11) is 2.16. The molecule has 0 spiro atoms. The van der Waals surface area contributed by atoms with Gasteiger partial charge in [-0.25, -0.2) is 4.98 Å². The van der Waals surface area contributed by atoms with Crippen molar-refractivity contribution in [2.75, 3.05) is 43.9 Å². The molecule has 0 saturated carbocycles.